The second-order valence-electron chi connectivity index (χ2n) is 3.88. The number of nitrogens with one attached hydrogen (secondary N) is 1. The van der Waals surface area contributed by atoms with Crippen LogP contribution in [0.15, 0.2) is 28.7 Å². The van der Waals surface area contributed by atoms with Crippen molar-refractivity contribution in [2.24, 2.45) is 5.73 Å². The van der Waals surface area contributed by atoms with Crippen molar-refractivity contribution < 1.29 is 4.79 Å². The second kappa shape index (κ2) is 8.50. The molecule has 0 aliphatic heterocycles. The maximum absolute atomic E-state index is 11.6. The Labute approximate surface area is 117 Å². The van der Waals surface area contributed by atoms with Crippen molar-refractivity contribution in [3.63, 3.8) is 0 Å². The molecule has 0 radical (unpaired) electrons. The van der Waals surface area contributed by atoms with Crippen molar-refractivity contribution in [2.45, 2.75) is 25.8 Å². The maximum Gasteiger partial charge on any atom is 0.224 e. The first-order valence-electron chi connectivity index (χ1n) is 5.35. The second-order valence-corrected chi connectivity index (χ2v) is 4.74. The number of carbonyl (C=O) groups is 1. The number of halogens is 2. The number of benzene rings is 1. The summed E-state index contributed by atoms with van der Waals surface area (Å²) < 4.78 is 0.970. The van der Waals surface area contributed by atoms with Crippen molar-refractivity contribution in [1.82, 2.24) is 5.32 Å². The van der Waals surface area contributed by atoms with E-state index in [0.717, 1.165) is 16.5 Å². The number of rotatable bonds is 5. The Kier molecular flexibility index (Phi) is 8.21. The van der Waals surface area contributed by atoms with Crippen LogP contribution in [0.25, 0.3) is 0 Å². The van der Waals surface area contributed by atoms with Crippen LogP contribution in [-0.4, -0.2) is 18.5 Å². The van der Waals surface area contributed by atoms with Gasteiger partial charge in [-0.05, 0) is 25.0 Å². The van der Waals surface area contributed by atoms with Gasteiger partial charge in [0.05, 0.1) is 6.42 Å². The quantitative estimate of drug-likeness (QED) is 0.874. The fourth-order valence-corrected chi connectivity index (χ4v) is 1.74. The van der Waals surface area contributed by atoms with E-state index in [9.17, 15) is 4.79 Å². The Hall–Kier alpha value is -0.580. The standard InChI is InChI=1S/C12H17BrN2O.ClH/c1-9(14)6-7-15-12(16)8-10-4-2-3-5-11(10)13;/h2-5,9H,6-8,14H2,1H3,(H,15,16);1H. The van der Waals surface area contributed by atoms with Gasteiger partial charge >= 0.3 is 0 Å². The van der Waals surface area contributed by atoms with E-state index in [4.69, 9.17) is 5.73 Å². The van der Waals surface area contributed by atoms with Gasteiger partial charge in [-0.3, -0.25) is 4.79 Å². The minimum absolute atomic E-state index is 0. The van der Waals surface area contributed by atoms with Crippen LogP contribution < -0.4 is 11.1 Å². The molecule has 0 aromatic heterocycles. The summed E-state index contributed by atoms with van der Waals surface area (Å²) in [6.45, 7) is 2.57. The number of amides is 1. The van der Waals surface area contributed by atoms with Crippen LogP contribution in [0, 0.1) is 0 Å². The highest BCUT2D eigenvalue weighted by molar-refractivity contribution is 9.10. The van der Waals surface area contributed by atoms with Gasteiger partial charge in [0.15, 0.2) is 0 Å². The molecule has 0 saturated heterocycles. The van der Waals surface area contributed by atoms with E-state index in [2.05, 4.69) is 21.2 Å². The molecule has 96 valence electrons. The molecular formula is C12H18BrClN2O. The van der Waals surface area contributed by atoms with E-state index in [0.29, 0.717) is 13.0 Å². The number of hydrogen-bond acceptors (Lipinski definition) is 2. The van der Waals surface area contributed by atoms with E-state index in [1.54, 1.807) is 0 Å². The van der Waals surface area contributed by atoms with E-state index in [1.807, 2.05) is 31.2 Å². The molecule has 1 amide bonds. The highest BCUT2D eigenvalue weighted by atomic mass is 79.9. The van der Waals surface area contributed by atoms with Crippen LogP contribution in [-0.2, 0) is 11.2 Å². The van der Waals surface area contributed by atoms with Crippen molar-refractivity contribution in [3.05, 3.63) is 34.3 Å². The first-order chi connectivity index (χ1) is 7.59. The minimum atomic E-state index is 0. The van der Waals surface area contributed by atoms with Crippen molar-refractivity contribution in [3.8, 4) is 0 Å². The lowest BCUT2D eigenvalue weighted by molar-refractivity contribution is -0.120. The predicted octanol–water partition coefficient (Wildman–Crippen LogP) is 2.27. The Balaban J connectivity index is 0.00000256. The molecule has 0 aliphatic carbocycles. The van der Waals surface area contributed by atoms with Gasteiger partial charge < -0.3 is 11.1 Å². The first-order valence-corrected chi connectivity index (χ1v) is 6.14. The van der Waals surface area contributed by atoms with Crippen LogP contribution >= 0.6 is 28.3 Å². The Bertz CT molecular complexity index is 358. The third-order valence-corrected chi connectivity index (χ3v) is 3.00. The smallest absolute Gasteiger partial charge is 0.224 e. The lowest BCUT2D eigenvalue weighted by atomic mass is 10.1. The van der Waals surface area contributed by atoms with Crippen molar-refractivity contribution >= 4 is 34.2 Å². The van der Waals surface area contributed by atoms with Crippen LogP contribution in [0.4, 0.5) is 0 Å². The van der Waals surface area contributed by atoms with Gasteiger partial charge in [-0.2, -0.15) is 0 Å². The largest absolute Gasteiger partial charge is 0.356 e. The third kappa shape index (κ3) is 6.66. The molecule has 1 atom stereocenters. The van der Waals surface area contributed by atoms with E-state index < -0.39 is 0 Å². The summed E-state index contributed by atoms with van der Waals surface area (Å²) in [4.78, 5) is 11.6. The maximum atomic E-state index is 11.6. The monoisotopic (exact) mass is 320 g/mol. The fourth-order valence-electron chi connectivity index (χ4n) is 1.32. The average molecular weight is 322 g/mol. The fraction of sp³-hybridized carbons (Fsp3) is 0.417. The highest BCUT2D eigenvalue weighted by Crippen LogP contribution is 2.15. The summed E-state index contributed by atoms with van der Waals surface area (Å²) in [5.74, 6) is 0.0348. The molecule has 3 nitrogen and oxygen atoms in total. The molecule has 1 aromatic rings. The molecule has 0 fully saturated rings. The molecule has 1 unspecified atom stereocenters. The minimum Gasteiger partial charge on any atom is -0.356 e. The SMILES string of the molecule is CC(N)CCNC(=O)Cc1ccccc1Br.Cl. The molecule has 0 aliphatic rings. The first kappa shape index (κ1) is 16.4. The molecule has 3 N–H and O–H groups in total. The Morgan fingerprint density at radius 2 is 2.12 bits per heavy atom. The number of nitrogens with two attached hydrogens (primary N) is 1. The van der Waals surface area contributed by atoms with Crippen molar-refractivity contribution in [2.75, 3.05) is 6.54 Å². The van der Waals surface area contributed by atoms with Gasteiger partial charge in [0.1, 0.15) is 0 Å². The highest BCUT2D eigenvalue weighted by Gasteiger charge is 2.05. The van der Waals surface area contributed by atoms with Crippen LogP contribution in [0.1, 0.15) is 18.9 Å². The zero-order valence-corrected chi connectivity index (χ0v) is 12.2. The average Bonchev–Trinajstić information content (AvgIpc) is 2.21. The third-order valence-electron chi connectivity index (χ3n) is 2.23. The summed E-state index contributed by atoms with van der Waals surface area (Å²) in [7, 11) is 0. The summed E-state index contributed by atoms with van der Waals surface area (Å²) in [6.07, 6.45) is 1.21. The van der Waals surface area contributed by atoms with E-state index in [1.165, 1.54) is 0 Å². The Morgan fingerprint density at radius 3 is 2.71 bits per heavy atom. The topological polar surface area (TPSA) is 55.1 Å². The van der Waals surface area contributed by atoms with Gasteiger partial charge in [-0.15, -0.1) is 12.4 Å². The molecule has 0 spiro atoms. The summed E-state index contributed by atoms with van der Waals surface area (Å²) in [5, 5.41) is 2.85. The van der Waals surface area contributed by atoms with Gasteiger partial charge in [0, 0.05) is 17.1 Å². The van der Waals surface area contributed by atoms with E-state index >= 15 is 0 Å². The van der Waals surface area contributed by atoms with Crippen LogP contribution in [0.2, 0.25) is 0 Å². The number of carbonyl (C=O) groups excluding carboxylic acids is 1. The molecule has 17 heavy (non-hydrogen) atoms. The zero-order chi connectivity index (χ0) is 12.0. The van der Waals surface area contributed by atoms with Gasteiger partial charge in [-0.1, -0.05) is 34.1 Å². The molecule has 1 rings (SSSR count). The van der Waals surface area contributed by atoms with E-state index in [-0.39, 0.29) is 24.4 Å². The predicted molar refractivity (Wildman–Crippen MR) is 76.4 cm³/mol. The lowest BCUT2D eigenvalue weighted by Crippen LogP contribution is -2.30. The molecule has 0 heterocycles. The molecule has 1 aromatic carbocycles. The molecular weight excluding hydrogens is 304 g/mol. The Morgan fingerprint density at radius 1 is 1.47 bits per heavy atom. The molecule has 0 bridgehead atoms. The molecule has 0 saturated carbocycles. The molecule has 5 heteroatoms. The normalized spacial score (nSPS) is 11.5. The summed E-state index contributed by atoms with van der Waals surface area (Å²) in [5.41, 5.74) is 6.60. The summed E-state index contributed by atoms with van der Waals surface area (Å²) >= 11 is 3.42. The van der Waals surface area contributed by atoms with Gasteiger partial charge in [0.2, 0.25) is 5.91 Å². The summed E-state index contributed by atoms with van der Waals surface area (Å²) in [6, 6.07) is 7.86. The van der Waals surface area contributed by atoms with Gasteiger partial charge in [-0.25, -0.2) is 0 Å². The van der Waals surface area contributed by atoms with Crippen LogP contribution in [0.3, 0.4) is 0 Å². The lowest BCUT2D eigenvalue weighted by Gasteiger charge is -2.08. The van der Waals surface area contributed by atoms with Crippen LogP contribution in [0.5, 0.6) is 0 Å². The van der Waals surface area contributed by atoms with Crippen molar-refractivity contribution in [1.29, 1.82) is 0 Å². The zero-order valence-electron chi connectivity index (χ0n) is 9.78. The number of hydrogen-bond donors (Lipinski definition) is 2. The van der Waals surface area contributed by atoms with Gasteiger partial charge in [0.25, 0.3) is 0 Å².